The summed E-state index contributed by atoms with van der Waals surface area (Å²) in [4.78, 5) is 11.7. The zero-order chi connectivity index (χ0) is 27.1. The number of phenolic OH excluding ortho intramolecular Hbond substituents is 4. The largest absolute Gasteiger partial charge is 0.504 e. The average molecular weight is 526 g/mol. The third kappa shape index (κ3) is 4.77. The Morgan fingerprint density at radius 3 is 2.32 bits per heavy atom. The van der Waals surface area contributed by atoms with Crippen LogP contribution in [0.4, 0.5) is 0 Å². The molecule has 0 heterocycles. The van der Waals surface area contributed by atoms with Gasteiger partial charge in [0.15, 0.2) is 23.0 Å². The molecule has 10 nitrogen and oxygen atoms in total. The Bertz CT molecular complexity index is 1560. The lowest BCUT2D eigenvalue weighted by Crippen LogP contribution is -2.54. The number of sulfonamides is 1. The van der Waals surface area contributed by atoms with Gasteiger partial charge in [0, 0.05) is 24.0 Å². The monoisotopic (exact) mass is 525 g/mol. The van der Waals surface area contributed by atoms with Crippen LogP contribution in [-0.4, -0.2) is 50.8 Å². The molecule has 2 aromatic rings. The summed E-state index contributed by atoms with van der Waals surface area (Å²) in [6, 6.07) is 7.22. The Balaban J connectivity index is 1.51. The predicted octanol–water partition coefficient (Wildman–Crippen LogP) is 2.11. The van der Waals surface area contributed by atoms with Crippen molar-refractivity contribution in [1.29, 1.82) is 0 Å². The maximum Gasteiger partial charge on any atom is 0.352 e. The van der Waals surface area contributed by atoms with Gasteiger partial charge in [-0.25, -0.2) is 13.2 Å². The maximum absolute atomic E-state index is 13.0. The Labute approximate surface area is 212 Å². The summed E-state index contributed by atoms with van der Waals surface area (Å²) >= 11 is 0. The van der Waals surface area contributed by atoms with E-state index in [1.807, 2.05) is 16.9 Å². The van der Waals surface area contributed by atoms with Crippen LogP contribution in [0.25, 0.3) is 5.57 Å². The average Bonchev–Trinajstić information content (AvgIpc) is 3.49. The van der Waals surface area contributed by atoms with Crippen LogP contribution in [0.3, 0.4) is 0 Å². The lowest BCUT2D eigenvalue weighted by Gasteiger charge is -2.25. The smallest absolute Gasteiger partial charge is 0.352 e. The molecule has 7 N–H and O–H groups in total. The van der Waals surface area contributed by atoms with Crippen molar-refractivity contribution in [3.63, 3.8) is 0 Å². The summed E-state index contributed by atoms with van der Waals surface area (Å²) in [5.41, 5.74) is -1.04. The molecule has 0 aromatic heterocycles. The molecule has 2 aliphatic rings. The number of allylic oxidation sites excluding steroid dienone is 5. The van der Waals surface area contributed by atoms with E-state index >= 15 is 0 Å². The van der Waals surface area contributed by atoms with Crippen molar-refractivity contribution >= 4 is 21.6 Å². The van der Waals surface area contributed by atoms with Crippen molar-refractivity contribution in [1.82, 2.24) is 4.72 Å². The Morgan fingerprint density at radius 2 is 1.68 bits per heavy atom. The second-order valence-corrected chi connectivity index (χ2v) is 10.4. The molecule has 0 saturated carbocycles. The van der Waals surface area contributed by atoms with Gasteiger partial charge in [-0.2, -0.15) is 4.72 Å². The number of aromatic hydroxyl groups is 4. The number of carboxylic acid groups (broad SMARTS) is 1. The molecule has 1 unspecified atom stereocenters. The first kappa shape index (κ1) is 25.8. The molecule has 37 heavy (non-hydrogen) atoms. The van der Waals surface area contributed by atoms with Crippen LogP contribution >= 0.6 is 0 Å². The van der Waals surface area contributed by atoms with E-state index in [0.717, 1.165) is 11.1 Å². The summed E-state index contributed by atoms with van der Waals surface area (Å²) in [5.74, 6) is 0.328. The number of rotatable bonds is 6. The van der Waals surface area contributed by atoms with Gasteiger partial charge in [-0.1, -0.05) is 42.2 Å². The van der Waals surface area contributed by atoms with Crippen molar-refractivity contribution in [2.75, 3.05) is 0 Å². The van der Waals surface area contributed by atoms with Crippen molar-refractivity contribution in [2.24, 2.45) is 0 Å². The third-order valence-electron chi connectivity index (χ3n) is 6.20. The van der Waals surface area contributed by atoms with Gasteiger partial charge in [-0.3, -0.25) is 0 Å². The number of carbonyl (C=O) groups is 1. The highest BCUT2D eigenvalue weighted by atomic mass is 32.2. The van der Waals surface area contributed by atoms with Crippen LogP contribution < -0.4 is 4.72 Å². The van der Waals surface area contributed by atoms with Crippen LogP contribution in [0.1, 0.15) is 35.1 Å². The minimum atomic E-state index is -4.48. The first-order chi connectivity index (χ1) is 17.3. The number of nitrogens with one attached hydrogen (secondary N) is 1. The van der Waals surface area contributed by atoms with E-state index in [9.17, 15) is 43.9 Å². The van der Waals surface area contributed by atoms with Gasteiger partial charge in [-0.15, -0.1) is 0 Å². The molecule has 11 heteroatoms. The number of phenols is 4. The number of carboxylic acids is 1. The predicted molar refractivity (Wildman–Crippen MR) is 133 cm³/mol. The summed E-state index contributed by atoms with van der Waals surface area (Å²) in [7, 11) is -4.48. The second kappa shape index (κ2) is 9.33. The number of aliphatic carboxylic acids is 1. The second-order valence-electron chi connectivity index (χ2n) is 8.68. The number of aliphatic hydroxyl groups is 1. The van der Waals surface area contributed by atoms with Crippen LogP contribution in [0.15, 0.2) is 53.0 Å². The van der Waals surface area contributed by atoms with Gasteiger partial charge < -0.3 is 30.6 Å². The lowest BCUT2D eigenvalue weighted by atomic mass is 9.98. The van der Waals surface area contributed by atoms with E-state index in [1.54, 1.807) is 18.2 Å². The fourth-order valence-corrected chi connectivity index (χ4v) is 5.42. The zero-order valence-electron chi connectivity index (χ0n) is 19.5. The normalized spacial score (nSPS) is 16.1. The lowest BCUT2D eigenvalue weighted by molar-refractivity contribution is -0.159. The Kier molecular flexibility index (Phi) is 6.51. The minimum absolute atomic E-state index is 0.149. The third-order valence-corrected chi connectivity index (χ3v) is 7.77. The summed E-state index contributed by atoms with van der Waals surface area (Å²) in [6.07, 6.45) is 4.02. The minimum Gasteiger partial charge on any atom is -0.504 e. The molecule has 0 amide bonds. The van der Waals surface area contributed by atoms with Crippen molar-refractivity contribution in [3.8, 4) is 34.8 Å². The summed E-state index contributed by atoms with van der Waals surface area (Å²) in [6.45, 7) is 1.27. The fourth-order valence-electron chi connectivity index (χ4n) is 4.09. The van der Waals surface area contributed by atoms with Crippen molar-refractivity contribution in [3.05, 3.63) is 75.2 Å². The number of benzene rings is 2. The first-order valence-corrected chi connectivity index (χ1v) is 12.5. The maximum atomic E-state index is 13.0. The molecule has 4 rings (SSSR count). The van der Waals surface area contributed by atoms with Crippen LogP contribution in [0, 0.1) is 18.8 Å². The summed E-state index contributed by atoms with van der Waals surface area (Å²) < 4.78 is 27.8. The van der Waals surface area contributed by atoms with Gasteiger partial charge in [0.2, 0.25) is 15.7 Å². The molecule has 2 aliphatic carbocycles. The SMILES string of the molecule is Cc1c(O)c(O)c(C#CC2=CC=C(S(=O)(=O)NC(O)(CC3=CCc4ccccc43)C(=O)O)C2)c(O)c1O. The molecule has 192 valence electrons. The van der Waals surface area contributed by atoms with E-state index in [2.05, 4.69) is 11.8 Å². The van der Waals surface area contributed by atoms with E-state index in [0.29, 0.717) is 12.0 Å². The number of hydrogen-bond acceptors (Lipinski definition) is 8. The molecule has 0 saturated heterocycles. The molecular formula is C26H23NO9S. The van der Waals surface area contributed by atoms with Gasteiger partial charge in [0.05, 0.1) is 4.91 Å². The molecular weight excluding hydrogens is 502 g/mol. The molecule has 0 fully saturated rings. The van der Waals surface area contributed by atoms with Gasteiger partial charge >= 0.3 is 5.97 Å². The molecule has 2 aromatic carbocycles. The Morgan fingerprint density at radius 1 is 1.03 bits per heavy atom. The van der Waals surface area contributed by atoms with Gasteiger partial charge in [-0.05, 0) is 42.2 Å². The Hall–Kier alpha value is -4.24. The van der Waals surface area contributed by atoms with E-state index in [4.69, 9.17) is 0 Å². The van der Waals surface area contributed by atoms with Gasteiger partial charge in [0.25, 0.3) is 0 Å². The molecule has 0 radical (unpaired) electrons. The van der Waals surface area contributed by atoms with E-state index in [1.165, 1.54) is 19.1 Å². The standard InChI is InChI=1S/C26H23NO9S/c1-14-21(28)23(30)20(24(31)22(14)29)11-7-15-6-10-18(12-15)37(35,36)27-26(34,25(32)33)13-17-9-8-16-4-2-3-5-19(16)17/h2-6,9-10,27-31,34H,8,12-13H2,1H3,(H,32,33). The fraction of sp³-hybridized carbons (Fsp3) is 0.192. The van der Waals surface area contributed by atoms with Crippen LogP contribution in [0.2, 0.25) is 0 Å². The molecule has 0 bridgehead atoms. The van der Waals surface area contributed by atoms with E-state index in [-0.39, 0.29) is 22.5 Å². The zero-order valence-corrected chi connectivity index (χ0v) is 20.3. The highest BCUT2D eigenvalue weighted by molar-refractivity contribution is 7.93. The van der Waals surface area contributed by atoms with Crippen molar-refractivity contribution < 1.29 is 43.9 Å². The highest BCUT2D eigenvalue weighted by Crippen LogP contribution is 2.45. The quantitative estimate of drug-likeness (QED) is 0.128. The molecule has 1 atom stereocenters. The van der Waals surface area contributed by atoms with Crippen molar-refractivity contribution in [2.45, 2.75) is 31.9 Å². The topological polar surface area (TPSA) is 185 Å². The summed E-state index contributed by atoms with van der Waals surface area (Å²) in [5, 5.41) is 60.3. The highest BCUT2D eigenvalue weighted by Gasteiger charge is 2.43. The van der Waals surface area contributed by atoms with E-state index < -0.39 is 56.7 Å². The molecule has 0 spiro atoms. The number of hydrogen-bond donors (Lipinski definition) is 7. The number of fused-ring (bicyclic) bond motifs is 1. The van der Waals surface area contributed by atoms with Crippen LogP contribution in [-0.2, 0) is 21.2 Å². The van der Waals surface area contributed by atoms with Crippen LogP contribution in [0.5, 0.6) is 23.0 Å². The molecule has 0 aliphatic heterocycles. The van der Waals surface area contributed by atoms with Gasteiger partial charge in [0.1, 0.15) is 5.56 Å². The first-order valence-electron chi connectivity index (χ1n) is 11.0.